The summed E-state index contributed by atoms with van der Waals surface area (Å²) in [6.07, 6.45) is 3.39. The molecule has 2 saturated heterocycles. The van der Waals surface area contributed by atoms with Crippen molar-refractivity contribution >= 4 is 5.91 Å². The molecule has 1 aromatic heterocycles. The van der Waals surface area contributed by atoms with E-state index in [0.29, 0.717) is 32.0 Å². The second-order valence-electron chi connectivity index (χ2n) is 6.03. The highest BCUT2D eigenvalue weighted by Crippen LogP contribution is 2.28. The quantitative estimate of drug-likeness (QED) is 0.879. The van der Waals surface area contributed by atoms with Crippen LogP contribution < -0.4 is 0 Å². The highest BCUT2D eigenvalue weighted by atomic mass is 16.5. The molecule has 1 unspecified atom stereocenters. The molecule has 3 rings (SSSR count). The number of amides is 1. The van der Waals surface area contributed by atoms with Crippen molar-refractivity contribution in [3.05, 3.63) is 11.6 Å². The van der Waals surface area contributed by atoms with E-state index in [9.17, 15) is 4.79 Å². The molecule has 1 amide bonds. The lowest BCUT2D eigenvalue weighted by Gasteiger charge is -2.31. The summed E-state index contributed by atoms with van der Waals surface area (Å²) in [5.41, 5.74) is 0. The standard InChI is InChI=1S/C15H24N4O3/c1-21-9-6-19-10-12(2-3-13(19)20)15-16-14(17-18-15)11-4-7-22-8-5-11/h11-12H,2-10H2,1H3,(H,16,17,18). The van der Waals surface area contributed by atoms with Crippen LogP contribution in [-0.2, 0) is 14.3 Å². The lowest BCUT2D eigenvalue weighted by molar-refractivity contribution is -0.134. The number of carbonyl (C=O) groups is 1. The SMILES string of the molecule is COCCN1CC(c2n[nH]c(C3CCOCC3)n2)CCC1=O. The number of aromatic amines is 1. The van der Waals surface area contributed by atoms with Gasteiger partial charge in [0.25, 0.3) is 0 Å². The van der Waals surface area contributed by atoms with Gasteiger partial charge in [0.2, 0.25) is 5.91 Å². The summed E-state index contributed by atoms with van der Waals surface area (Å²) in [6.45, 7) is 3.49. The zero-order chi connectivity index (χ0) is 15.4. The predicted octanol–water partition coefficient (Wildman–Crippen LogP) is 1.05. The molecule has 0 spiro atoms. The lowest BCUT2D eigenvalue weighted by atomic mass is 9.96. The van der Waals surface area contributed by atoms with Crippen LogP contribution in [0.4, 0.5) is 0 Å². The van der Waals surface area contributed by atoms with E-state index in [2.05, 4.69) is 10.2 Å². The van der Waals surface area contributed by atoms with Crippen molar-refractivity contribution < 1.29 is 14.3 Å². The molecule has 1 N–H and O–H groups in total. The molecular formula is C15H24N4O3. The normalized spacial score (nSPS) is 24.0. The first-order valence-electron chi connectivity index (χ1n) is 8.04. The molecule has 22 heavy (non-hydrogen) atoms. The maximum absolute atomic E-state index is 11.9. The van der Waals surface area contributed by atoms with Gasteiger partial charge in [0.05, 0.1) is 6.61 Å². The smallest absolute Gasteiger partial charge is 0.222 e. The minimum atomic E-state index is 0.202. The molecule has 0 saturated carbocycles. The minimum Gasteiger partial charge on any atom is -0.383 e. The van der Waals surface area contributed by atoms with Crippen LogP contribution in [0.5, 0.6) is 0 Å². The summed E-state index contributed by atoms with van der Waals surface area (Å²) in [7, 11) is 1.65. The minimum absolute atomic E-state index is 0.202. The lowest BCUT2D eigenvalue weighted by Crippen LogP contribution is -2.41. The van der Waals surface area contributed by atoms with Crippen LogP contribution in [0.25, 0.3) is 0 Å². The summed E-state index contributed by atoms with van der Waals surface area (Å²) in [5.74, 6) is 2.66. The molecule has 0 bridgehead atoms. The number of carbonyl (C=O) groups excluding carboxylic acids is 1. The number of piperidine rings is 1. The van der Waals surface area contributed by atoms with Crippen LogP contribution in [0.15, 0.2) is 0 Å². The Labute approximate surface area is 130 Å². The molecule has 0 aliphatic carbocycles. The van der Waals surface area contributed by atoms with Gasteiger partial charge in [-0.1, -0.05) is 0 Å². The molecule has 2 aliphatic heterocycles. The number of ether oxygens (including phenoxy) is 2. The van der Waals surface area contributed by atoms with E-state index in [0.717, 1.165) is 44.1 Å². The summed E-state index contributed by atoms with van der Waals surface area (Å²) in [6, 6.07) is 0. The Morgan fingerprint density at radius 2 is 2.14 bits per heavy atom. The van der Waals surface area contributed by atoms with Gasteiger partial charge in [0.15, 0.2) is 5.82 Å². The van der Waals surface area contributed by atoms with Crippen LogP contribution in [-0.4, -0.2) is 66.0 Å². The van der Waals surface area contributed by atoms with E-state index in [4.69, 9.17) is 14.5 Å². The van der Waals surface area contributed by atoms with E-state index < -0.39 is 0 Å². The van der Waals surface area contributed by atoms with Gasteiger partial charge in [-0.2, -0.15) is 5.10 Å². The molecule has 1 atom stereocenters. The Bertz CT molecular complexity index is 499. The maximum Gasteiger partial charge on any atom is 0.222 e. The van der Waals surface area contributed by atoms with Crippen LogP contribution in [0.3, 0.4) is 0 Å². The molecular weight excluding hydrogens is 284 g/mol. The van der Waals surface area contributed by atoms with Crippen LogP contribution >= 0.6 is 0 Å². The molecule has 7 nitrogen and oxygen atoms in total. The number of methoxy groups -OCH3 is 1. The molecule has 0 aromatic carbocycles. The van der Waals surface area contributed by atoms with Gasteiger partial charge in [-0.3, -0.25) is 9.89 Å². The molecule has 122 valence electrons. The number of nitrogens with one attached hydrogen (secondary N) is 1. The Hall–Kier alpha value is -1.47. The third-order valence-corrected chi connectivity index (χ3v) is 4.56. The van der Waals surface area contributed by atoms with Gasteiger partial charge in [-0.25, -0.2) is 4.98 Å². The van der Waals surface area contributed by atoms with Gasteiger partial charge in [0, 0.05) is 51.7 Å². The number of nitrogens with zero attached hydrogens (tertiary/aromatic N) is 3. The third-order valence-electron chi connectivity index (χ3n) is 4.56. The summed E-state index contributed by atoms with van der Waals surface area (Å²) >= 11 is 0. The highest BCUT2D eigenvalue weighted by molar-refractivity contribution is 5.77. The van der Waals surface area contributed by atoms with E-state index in [1.54, 1.807) is 7.11 Å². The van der Waals surface area contributed by atoms with Crippen molar-refractivity contribution in [3.63, 3.8) is 0 Å². The van der Waals surface area contributed by atoms with Crippen molar-refractivity contribution in [1.29, 1.82) is 0 Å². The Morgan fingerprint density at radius 1 is 1.32 bits per heavy atom. The summed E-state index contributed by atoms with van der Waals surface area (Å²) in [4.78, 5) is 18.5. The van der Waals surface area contributed by atoms with Crippen molar-refractivity contribution in [2.24, 2.45) is 0 Å². The van der Waals surface area contributed by atoms with Crippen molar-refractivity contribution in [3.8, 4) is 0 Å². The number of hydrogen-bond donors (Lipinski definition) is 1. The van der Waals surface area contributed by atoms with Crippen molar-refractivity contribution in [2.45, 2.75) is 37.5 Å². The van der Waals surface area contributed by atoms with Gasteiger partial charge in [-0.05, 0) is 19.3 Å². The van der Waals surface area contributed by atoms with Crippen LogP contribution in [0, 0.1) is 0 Å². The van der Waals surface area contributed by atoms with Gasteiger partial charge in [-0.15, -0.1) is 0 Å². The molecule has 2 aliphatic rings. The van der Waals surface area contributed by atoms with Crippen molar-refractivity contribution in [2.75, 3.05) is 40.0 Å². The number of likely N-dealkylation sites (tertiary alicyclic amines) is 1. The first-order chi connectivity index (χ1) is 10.8. The third kappa shape index (κ3) is 3.47. The van der Waals surface area contributed by atoms with Crippen LogP contribution in [0.2, 0.25) is 0 Å². The largest absolute Gasteiger partial charge is 0.383 e. The van der Waals surface area contributed by atoms with Gasteiger partial charge < -0.3 is 14.4 Å². The zero-order valence-corrected chi connectivity index (χ0v) is 13.1. The van der Waals surface area contributed by atoms with E-state index in [-0.39, 0.29) is 11.8 Å². The predicted molar refractivity (Wildman–Crippen MR) is 79.6 cm³/mol. The average molecular weight is 308 g/mol. The first-order valence-corrected chi connectivity index (χ1v) is 8.04. The fourth-order valence-electron chi connectivity index (χ4n) is 3.17. The van der Waals surface area contributed by atoms with Gasteiger partial charge in [0.1, 0.15) is 5.82 Å². The van der Waals surface area contributed by atoms with Crippen LogP contribution in [0.1, 0.15) is 49.2 Å². The van der Waals surface area contributed by atoms with Crippen molar-refractivity contribution in [1.82, 2.24) is 20.1 Å². The number of hydrogen-bond acceptors (Lipinski definition) is 5. The Kier molecular flexibility index (Phi) is 5.04. The van der Waals surface area contributed by atoms with E-state index in [1.807, 2.05) is 4.90 Å². The van der Waals surface area contributed by atoms with Gasteiger partial charge >= 0.3 is 0 Å². The molecule has 7 heteroatoms. The summed E-state index contributed by atoms with van der Waals surface area (Å²) in [5, 5.41) is 7.51. The number of aromatic nitrogens is 3. The fraction of sp³-hybridized carbons (Fsp3) is 0.800. The molecule has 3 heterocycles. The zero-order valence-electron chi connectivity index (χ0n) is 13.1. The topological polar surface area (TPSA) is 80.3 Å². The second-order valence-corrected chi connectivity index (χ2v) is 6.03. The first kappa shape index (κ1) is 15.4. The monoisotopic (exact) mass is 308 g/mol. The molecule has 2 fully saturated rings. The highest BCUT2D eigenvalue weighted by Gasteiger charge is 2.29. The Balaban J connectivity index is 1.63. The Morgan fingerprint density at radius 3 is 2.91 bits per heavy atom. The number of rotatable bonds is 5. The average Bonchev–Trinajstić information content (AvgIpc) is 3.05. The number of H-pyrrole nitrogens is 1. The fourth-order valence-corrected chi connectivity index (χ4v) is 3.17. The maximum atomic E-state index is 11.9. The molecule has 1 aromatic rings. The van der Waals surface area contributed by atoms with E-state index in [1.165, 1.54) is 0 Å². The van der Waals surface area contributed by atoms with E-state index >= 15 is 0 Å². The molecule has 0 radical (unpaired) electrons. The second kappa shape index (κ2) is 7.19. The summed E-state index contributed by atoms with van der Waals surface area (Å²) < 4.78 is 10.5.